The second-order valence-electron chi connectivity index (χ2n) is 2.18. The van der Waals surface area contributed by atoms with E-state index in [4.69, 9.17) is 10.2 Å². The fourth-order valence-electron chi connectivity index (χ4n) is 0.757. The predicted octanol–water partition coefficient (Wildman–Crippen LogP) is 1.88. The normalized spacial score (nSPS) is 9.64. The molecule has 60 valence electrons. The minimum atomic E-state index is 0.0727. The van der Waals surface area contributed by atoms with Gasteiger partial charge in [0.15, 0.2) is 0 Å². The quantitative estimate of drug-likeness (QED) is 0.602. The van der Waals surface area contributed by atoms with Crippen molar-refractivity contribution in [2.24, 2.45) is 0 Å². The van der Waals surface area contributed by atoms with Crippen molar-refractivity contribution in [3.63, 3.8) is 0 Å². The van der Waals surface area contributed by atoms with E-state index in [2.05, 4.69) is 22.9 Å². The third-order valence-electron chi connectivity index (χ3n) is 1.24. The molecule has 0 atom stereocenters. The van der Waals surface area contributed by atoms with Crippen LogP contribution in [0.5, 0.6) is 11.5 Å². The van der Waals surface area contributed by atoms with E-state index in [1.165, 1.54) is 6.07 Å². The van der Waals surface area contributed by atoms with Crippen LogP contribution in [0.4, 0.5) is 5.69 Å². The number of nitrogens with zero attached hydrogens (tertiary/aromatic N) is 1. The van der Waals surface area contributed by atoms with Gasteiger partial charge in [0.25, 0.3) is 0 Å². The van der Waals surface area contributed by atoms with E-state index in [0.717, 1.165) is 5.69 Å². The Balaban J connectivity index is 3.08. The van der Waals surface area contributed by atoms with Crippen molar-refractivity contribution in [1.29, 1.82) is 0 Å². The molecule has 0 spiro atoms. The summed E-state index contributed by atoms with van der Waals surface area (Å²) in [5, 5.41) is 18.1. The summed E-state index contributed by atoms with van der Waals surface area (Å²) in [4.78, 5) is 0. The number of phenolic OH excluding ortho intramolecular Hbond substituents is 2. The highest BCUT2D eigenvalue weighted by Gasteiger charge is 2.00. The van der Waals surface area contributed by atoms with E-state index in [1.54, 1.807) is 15.2 Å². The summed E-state index contributed by atoms with van der Waals surface area (Å²) in [6.45, 7) is 0. The number of aromatic hydroxyl groups is 2. The van der Waals surface area contributed by atoms with Gasteiger partial charge < -0.3 is 13.3 Å². The van der Waals surface area contributed by atoms with E-state index in [1.807, 2.05) is 7.05 Å². The Kier molecular flexibility index (Phi) is 2.43. The molecule has 4 heteroatoms. The number of hydrogen-bond donors (Lipinski definition) is 2. The molecule has 11 heavy (non-hydrogen) atoms. The molecule has 0 aliphatic rings. The number of halogens is 1. The number of anilines is 1. The zero-order chi connectivity index (χ0) is 8.43. The largest absolute Gasteiger partial charge is 0.508 e. The van der Waals surface area contributed by atoms with Crippen LogP contribution in [0.2, 0.25) is 0 Å². The molecule has 1 aromatic rings. The van der Waals surface area contributed by atoms with Crippen molar-refractivity contribution in [3.05, 3.63) is 18.2 Å². The molecule has 0 unspecified atom stereocenters. The number of rotatable bonds is 1. The first-order valence-corrected chi connectivity index (χ1v) is 3.98. The van der Waals surface area contributed by atoms with Gasteiger partial charge in [-0.1, -0.05) is 0 Å². The SMILES string of the molecule is CN(I)c1cc(O)cc(O)c1. The number of hydrogen-bond acceptors (Lipinski definition) is 3. The summed E-state index contributed by atoms with van der Waals surface area (Å²) >= 11 is 2.05. The molecule has 0 fully saturated rings. The van der Waals surface area contributed by atoms with E-state index >= 15 is 0 Å². The van der Waals surface area contributed by atoms with Gasteiger partial charge in [-0.05, 0) is 0 Å². The first-order chi connectivity index (χ1) is 5.09. The Bertz CT molecular complexity index is 242. The topological polar surface area (TPSA) is 43.7 Å². The molecule has 0 aromatic heterocycles. The fraction of sp³-hybridized carbons (Fsp3) is 0.143. The number of phenols is 2. The van der Waals surface area contributed by atoms with Crippen molar-refractivity contribution in [2.45, 2.75) is 0 Å². The molecule has 2 N–H and O–H groups in total. The van der Waals surface area contributed by atoms with E-state index in [-0.39, 0.29) is 11.5 Å². The van der Waals surface area contributed by atoms with Crippen molar-refractivity contribution in [2.75, 3.05) is 10.2 Å². The summed E-state index contributed by atoms with van der Waals surface area (Å²) < 4.78 is 1.78. The molecule has 1 aromatic carbocycles. The molecule has 0 radical (unpaired) electrons. The Hall–Kier alpha value is -0.650. The Morgan fingerprint density at radius 1 is 1.18 bits per heavy atom. The lowest BCUT2D eigenvalue weighted by Gasteiger charge is -2.09. The van der Waals surface area contributed by atoms with Gasteiger partial charge in [0.1, 0.15) is 11.5 Å². The van der Waals surface area contributed by atoms with Crippen LogP contribution in [0.15, 0.2) is 18.2 Å². The van der Waals surface area contributed by atoms with Crippen LogP contribution >= 0.6 is 22.9 Å². The van der Waals surface area contributed by atoms with Crippen LogP contribution in [0, 0.1) is 0 Å². The monoisotopic (exact) mass is 265 g/mol. The third-order valence-corrected chi connectivity index (χ3v) is 1.80. The third kappa shape index (κ3) is 2.14. The van der Waals surface area contributed by atoms with Gasteiger partial charge in [-0.3, -0.25) is 0 Å². The van der Waals surface area contributed by atoms with E-state index in [9.17, 15) is 0 Å². The standard InChI is InChI=1S/C7H8INO2/c1-9(8)5-2-6(10)4-7(11)3-5/h2-4,10-11H,1H3. The minimum Gasteiger partial charge on any atom is -0.508 e. The molecule has 0 bridgehead atoms. The van der Waals surface area contributed by atoms with E-state index < -0.39 is 0 Å². The van der Waals surface area contributed by atoms with Gasteiger partial charge >= 0.3 is 0 Å². The summed E-state index contributed by atoms with van der Waals surface area (Å²) in [6.07, 6.45) is 0. The van der Waals surface area contributed by atoms with Crippen molar-refractivity contribution >= 4 is 28.6 Å². The summed E-state index contributed by atoms with van der Waals surface area (Å²) in [6, 6.07) is 4.45. The zero-order valence-corrected chi connectivity index (χ0v) is 8.11. The molecule has 0 amide bonds. The van der Waals surface area contributed by atoms with Crippen LogP contribution in [0.25, 0.3) is 0 Å². The predicted molar refractivity (Wildman–Crippen MR) is 52.2 cm³/mol. The molecule has 0 saturated heterocycles. The maximum absolute atomic E-state index is 9.05. The summed E-state index contributed by atoms with van der Waals surface area (Å²) in [5.41, 5.74) is 0.767. The van der Waals surface area contributed by atoms with Gasteiger partial charge in [-0.2, -0.15) is 0 Å². The second-order valence-corrected chi connectivity index (χ2v) is 3.63. The lowest BCUT2D eigenvalue weighted by atomic mass is 10.3. The average molecular weight is 265 g/mol. The van der Waals surface area contributed by atoms with Gasteiger partial charge in [-0.15, -0.1) is 0 Å². The van der Waals surface area contributed by atoms with Crippen molar-refractivity contribution < 1.29 is 10.2 Å². The Morgan fingerprint density at radius 2 is 1.64 bits per heavy atom. The van der Waals surface area contributed by atoms with Crippen LogP contribution in [0.3, 0.4) is 0 Å². The highest BCUT2D eigenvalue weighted by molar-refractivity contribution is 14.1. The maximum atomic E-state index is 9.05. The van der Waals surface area contributed by atoms with Crippen molar-refractivity contribution in [1.82, 2.24) is 0 Å². The van der Waals surface area contributed by atoms with Gasteiger partial charge in [-0.25, -0.2) is 0 Å². The lowest BCUT2D eigenvalue weighted by Crippen LogP contribution is -1.98. The highest BCUT2D eigenvalue weighted by atomic mass is 127. The first kappa shape index (κ1) is 8.45. The van der Waals surface area contributed by atoms with Crippen LogP contribution < -0.4 is 3.11 Å². The number of benzene rings is 1. The van der Waals surface area contributed by atoms with Gasteiger partial charge in [0.2, 0.25) is 0 Å². The molecule has 0 aliphatic heterocycles. The van der Waals surface area contributed by atoms with E-state index in [0.29, 0.717) is 0 Å². The average Bonchev–Trinajstić information content (AvgIpc) is 1.85. The molecule has 0 heterocycles. The fourth-order valence-corrected chi connectivity index (χ4v) is 1.04. The first-order valence-electron chi connectivity index (χ1n) is 3.02. The maximum Gasteiger partial charge on any atom is 0.121 e. The molecule has 1 rings (SSSR count). The molecular formula is C7H8INO2. The smallest absolute Gasteiger partial charge is 0.121 e. The van der Waals surface area contributed by atoms with Crippen LogP contribution in [-0.2, 0) is 0 Å². The Labute approximate surface area is 78.8 Å². The zero-order valence-electron chi connectivity index (χ0n) is 5.95. The summed E-state index contributed by atoms with van der Waals surface area (Å²) in [5.74, 6) is 0.145. The Morgan fingerprint density at radius 3 is 2.00 bits per heavy atom. The second kappa shape index (κ2) is 3.17. The van der Waals surface area contributed by atoms with Gasteiger partial charge in [0, 0.05) is 25.2 Å². The minimum absolute atomic E-state index is 0.0727. The van der Waals surface area contributed by atoms with Crippen LogP contribution in [-0.4, -0.2) is 17.3 Å². The highest BCUT2D eigenvalue weighted by Crippen LogP contribution is 2.27. The molecule has 0 saturated carbocycles. The van der Waals surface area contributed by atoms with Gasteiger partial charge in [0.05, 0.1) is 28.6 Å². The lowest BCUT2D eigenvalue weighted by molar-refractivity contribution is 0.451. The van der Waals surface area contributed by atoms with Crippen LogP contribution in [0.1, 0.15) is 0 Å². The van der Waals surface area contributed by atoms with Crippen molar-refractivity contribution in [3.8, 4) is 11.5 Å². The summed E-state index contributed by atoms with van der Waals surface area (Å²) in [7, 11) is 1.83. The molecule has 0 aliphatic carbocycles. The molecule has 3 nitrogen and oxygen atoms in total. The molecular weight excluding hydrogens is 257 g/mol.